The van der Waals surface area contributed by atoms with Crippen LogP contribution in [0.25, 0.3) is 0 Å². The number of nitrogens with one attached hydrogen (secondary N) is 1. The summed E-state index contributed by atoms with van der Waals surface area (Å²) in [6.45, 7) is 5.81. The number of pyridine rings is 1. The third-order valence-corrected chi connectivity index (χ3v) is 4.71. The first-order chi connectivity index (χ1) is 12.0. The third-order valence-electron chi connectivity index (χ3n) is 4.71. The fourth-order valence-electron chi connectivity index (χ4n) is 3.22. The van der Waals surface area contributed by atoms with Crippen LogP contribution in [0.2, 0.25) is 0 Å². The molecule has 1 aliphatic rings. The first-order valence-corrected chi connectivity index (χ1v) is 8.87. The molecule has 0 saturated carbocycles. The second kappa shape index (κ2) is 7.55. The molecule has 0 spiro atoms. The molecule has 3 rings (SSSR count). The van der Waals surface area contributed by atoms with Crippen molar-refractivity contribution in [3.63, 3.8) is 0 Å². The van der Waals surface area contributed by atoms with Crippen LogP contribution >= 0.6 is 0 Å². The summed E-state index contributed by atoms with van der Waals surface area (Å²) in [5, 5.41) is 14.7. The Morgan fingerprint density at radius 3 is 2.52 bits per heavy atom. The van der Waals surface area contributed by atoms with Crippen LogP contribution in [0, 0.1) is 5.21 Å². The van der Waals surface area contributed by atoms with Gasteiger partial charge in [0.15, 0.2) is 12.4 Å². The fraction of sp³-hybridized carbons (Fsp3) is 0.400. The van der Waals surface area contributed by atoms with Gasteiger partial charge >= 0.3 is 0 Å². The van der Waals surface area contributed by atoms with Crippen molar-refractivity contribution in [2.75, 3.05) is 18.4 Å². The van der Waals surface area contributed by atoms with Crippen LogP contribution in [0.1, 0.15) is 48.5 Å². The maximum Gasteiger partial charge on any atom is 0.254 e. The molecule has 1 fully saturated rings. The van der Waals surface area contributed by atoms with Gasteiger partial charge in [0.05, 0.1) is 5.56 Å². The molecule has 1 aliphatic heterocycles. The number of carbonyl (C=O) groups is 1. The lowest BCUT2D eigenvalue weighted by atomic mass is 10.0. The number of amides is 1. The normalized spacial score (nSPS) is 17.6. The summed E-state index contributed by atoms with van der Waals surface area (Å²) in [5.74, 6) is 0.512. The smallest absolute Gasteiger partial charge is 0.254 e. The Morgan fingerprint density at radius 1 is 1.20 bits per heavy atom. The van der Waals surface area contributed by atoms with E-state index in [-0.39, 0.29) is 11.9 Å². The number of nitrogens with zero attached hydrogens (tertiary/aromatic N) is 2. The average Bonchev–Trinajstić information content (AvgIpc) is 2.62. The number of likely N-dealkylation sites (tertiary alicyclic amines) is 1. The van der Waals surface area contributed by atoms with Gasteiger partial charge in [-0.05, 0) is 36.5 Å². The molecule has 0 bridgehead atoms. The van der Waals surface area contributed by atoms with E-state index in [0.717, 1.165) is 25.1 Å². The maximum atomic E-state index is 12.6. The highest BCUT2D eigenvalue weighted by Gasteiger charge is 2.24. The molecule has 1 aromatic heterocycles. The zero-order valence-electron chi connectivity index (χ0n) is 14.8. The lowest BCUT2D eigenvalue weighted by Crippen LogP contribution is -2.45. The number of anilines is 1. The van der Waals surface area contributed by atoms with Crippen LogP contribution in [0.5, 0.6) is 0 Å². The molecular formula is C20H25N3O2. The molecule has 132 valence electrons. The van der Waals surface area contributed by atoms with Crippen molar-refractivity contribution in [3.05, 3.63) is 65.1 Å². The van der Waals surface area contributed by atoms with Crippen LogP contribution < -0.4 is 10.0 Å². The Balaban J connectivity index is 1.62. The van der Waals surface area contributed by atoms with Gasteiger partial charge < -0.3 is 15.4 Å². The van der Waals surface area contributed by atoms with E-state index in [1.165, 1.54) is 18.0 Å². The van der Waals surface area contributed by atoms with Gasteiger partial charge in [0.2, 0.25) is 0 Å². The minimum atomic E-state index is -0.0118. The number of aromatic nitrogens is 1. The summed E-state index contributed by atoms with van der Waals surface area (Å²) in [4.78, 5) is 14.5. The summed E-state index contributed by atoms with van der Waals surface area (Å²) in [7, 11) is 0. The Bertz CT molecular complexity index is 711. The highest BCUT2D eigenvalue weighted by atomic mass is 16.5. The molecule has 25 heavy (non-hydrogen) atoms. The van der Waals surface area contributed by atoms with E-state index < -0.39 is 0 Å². The number of carbonyl (C=O) groups excluding carboxylic acids is 1. The Morgan fingerprint density at radius 2 is 1.88 bits per heavy atom. The van der Waals surface area contributed by atoms with E-state index in [2.05, 4.69) is 43.4 Å². The Labute approximate surface area is 148 Å². The largest absolute Gasteiger partial charge is 0.619 e. The quantitative estimate of drug-likeness (QED) is 0.687. The molecular weight excluding hydrogens is 314 g/mol. The van der Waals surface area contributed by atoms with E-state index >= 15 is 0 Å². The van der Waals surface area contributed by atoms with Crippen molar-refractivity contribution < 1.29 is 9.52 Å². The Kier molecular flexibility index (Phi) is 5.22. The molecule has 1 aromatic carbocycles. The Hall–Kier alpha value is -2.56. The van der Waals surface area contributed by atoms with E-state index in [4.69, 9.17) is 0 Å². The zero-order valence-corrected chi connectivity index (χ0v) is 14.8. The van der Waals surface area contributed by atoms with E-state index in [1.807, 2.05) is 4.90 Å². The van der Waals surface area contributed by atoms with E-state index in [9.17, 15) is 10.0 Å². The standard InChI is InChI=1S/C20H25N3O2/c1-15(2)16-5-7-18(8-6-16)21-19-4-3-11-22(14-19)20(24)17-9-12-23(25)13-10-17/h5-10,12-13,15,19,21H,3-4,11,14H2,1-2H3. The van der Waals surface area contributed by atoms with Crippen LogP contribution in [0.4, 0.5) is 5.69 Å². The molecule has 2 heterocycles. The summed E-state index contributed by atoms with van der Waals surface area (Å²) in [6, 6.07) is 11.9. The molecule has 1 unspecified atom stereocenters. The van der Waals surface area contributed by atoms with Crippen molar-refractivity contribution >= 4 is 11.6 Å². The van der Waals surface area contributed by atoms with Crippen molar-refractivity contribution in [2.45, 2.75) is 38.6 Å². The van der Waals surface area contributed by atoms with Gasteiger partial charge in [0.1, 0.15) is 0 Å². The predicted molar refractivity (Wildman–Crippen MR) is 98.5 cm³/mol. The van der Waals surface area contributed by atoms with Crippen molar-refractivity contribution in [3.8, 4) is 0 Å². The molecule has 1 saturated heterocycles. The third kappa shape index (κ3) is 4.29. The number of benzene rings is 1. The van der Waals surface area contributed by atoms with Crippen molar-refractivity contribution in [2.24, 2.45) is 0 Å². The first-order valence-electron chi connectivity index (χ1n) is 8.87. The van der Waals surface area contributed by atoms with Gasteiger partial charge in [0.25, 0.3) is 5.91 Å². The van der Waals surface area contributed by atoms with Crippen LogP contribution in [-0.4, -0.2) is 29.9 Å². The molecule has 0 radical (unpaired) electrons. The number of piperidine rings is 1. The van der Waals surface area contributed by atoms with Gasteiger partial charge in [-0.15, -0.1) is 0 Å². The highest BCUT2D eigenvalue weighted by molar-refractivity contribution is 5.94. The van der Waals surface area contributed by atoms with Crippen molar-refractivity contribution in [1.29, 1.82) is 0 Å². The molecule has 1 amide bonds. The second-order valence-corrected chi connectivity index (χ2v) is 6.96. The second-order valence-electron chi connectivity index (χ2n) is 6.96. The van der Waals surface area contributed by atoms with Crippen LogP contribution in [0.3, 0.4) is 0 Å². The van der Waals surface area contributed by atoms with E-state index in [0.29, 0.717) is 22.8 Å². The highest BCUT2D eigenvalue weighted by Crippen LogP contribution is 2.20. The lowest BCUT2D eigenvalue weighted by Gasteiger charge is -2.33. The van der Waals surface area contributed by atoms with Gasteiger partial charge in [-0.2, -0.15) is 4.73 Å². The average molecular weight is 339 g/mol. The van der Waals surface area contributed by atoms with Gasteiger partial charge in [-0.25, -0.2) is 0 Å². The number of rotatable bonds is 4. The van der Waals surface area contributed by atoms with Crippen LogP contribution in [-0.2, 0) is 0 Å². The van der Waals surface area contributed by atoms with E-state index in [1.54, 1.807) is 12.1 Å². The molecule has 5 heteroatoms. The molecule has 0 aliphatic carbocycles. The molecule has 5 nitrogen and oxygen atoms in total. The molecule has 1 N–H and O–H groups in total. The molecule has 1 atom stereocenters. The summed E-state index contributed by atoms with van der Waals surface area (Å²) < 4.78 is 0.693. The number of hydrogen-bond donors (Lipinski definition) is 1. The predicted octanol–water partition coefficient (Wildman–Crippen LogP) is 3.16. The SMILES string of the molecule is CC(C)c1ccc(NC2CCCN(C(=O)c3cc[n+]([O-])cc3)C2)cc1. The number of hydrogen-bond acceptors (Lipinski definition) is 3. The first kappa shape index (κ1) is 17.3. The maximum absolute atomic E-state index is 12.6. The summed E-state index contributed by atoms with van der Waals surface area (Å²) in [5.41, 5.74) is 2.98. The minimum absolute atomic E-state index is 0.0118. The zero-order chi connectivity index (χ0) is 17.8. The van der Waals surface area contributed by atoms with Gasteiger partial charge in [-0.1, -0.05) is 26.0 Å². The van der Waals surface area contributed by atoms with Gasteiger partial charge in [0, 0.05) is 37.0 Å². The lowest BCUT2D eigenvalue weighted by molar-refractivity contribution is -0.605. The van der Waals surface area contributed by atoms with Crippen molar-refractivity contribution in [1.82, 2.24) is 4.90 Å². The van der Waals surface area contributed by atoms with Gasteiger partial charge in [-0.3, -0.25) is 4.79 Å². The summed E-state index contributed by atoms with van der Waals surface area (Å²) >= 11 is 0. The topological polar surface area (TPSA) is 59.3 Å². The summed E-state index contributed by atoms with van der Waals surface area (Å²) in [6.07, 6.45) is 4.75. The van der Waals surface area contributed by atoms with Crippen LogP contribution in [0.15, 0.2) is 48.8 Å². The molecule has 2 aromatic rings. The minimum Gasteiger partial charge on any atom is -0.619 e. The fourth-order valence-corrected chi connectivity index (χ4v) is 3.22. The monoisotopic (exact) mass is 339 g/mol.